The highest BCUT2D eigenvalue weighted by Gasteiger charge is 2.12. The smallest absolute Gasteiger partial charge is 0.201 e. The summed E-state index contributed by atoms with van der Waals surface area (Å²) < 4.78 is 0. The minimum Gasteiger partial charge on any atom is -0.313 e. The number of para-hydroxylation sites is 1. The monoisotopic (exact) mass is 192 g/mol. The fourth-order valence-corrected chi connectivity index (χ4v) is 1.45. The van der Waals surface area contributed by atoms with Crippen LogP contribution in [0.2, 0.25) is 0 Å². The first-order valence-electron chi connectivity index (χ1n) is 4.05. The van der Waals surface area contributed by atoms with Gasteiger partial charge in [0.2, 0.25) is 5.62 Å². The molecular weight excluding hydrogens is 184 g/mol. The normalized spacial score (nSPS) is 20.7. The van der Waals surface area contributed by atoms with Gasteiger partial charge in [0.25, 0.3) is 0 Å². The lowest BCUT2D eigenvalue weighted by Gasteiger charge is -2.24. The Bertz CT molecular complexity index is 332. The Morgan fingerprint density at radius 1 is 1.23 bits per heavy atom. The van der Waals surface area contributed by atoms with E-state index in [4.69, 9.17) is 11.6 Å². The molecule has 0 radical (unpaired) electrons. The molecule has 2 rings (SSSR count). The third-order valence-electron chi connectivity index (χ3n) is 1.83. The Labute approximate surface area is 82.2 Å². The summed E-state index contributed by atoms with van der Waals surface area (Å²) in [6.07, 6.45) is 5.49. The second-order valence-electron chi connectivity index (χ2n) is 2.69. The van der Waals surface area contributed by atoms with Gasteiger partial charge >= 0.3 is 0 Å². The lowest BCUT2D eigenvalue weighted by molar-refractivity contribution is 0.894. The van der Waals surface area contributed by atoms with Gasteiger partial charge in [-0.15, -0.1) is 0 Å². The van der Waals surface area contributed by atoms with Crippen molar-refractivity contribution in [1.29, 1.82) is 0 Å². The van der Waals surface area contributed by atoms with E-state index in [9.17, 15) is 0 Å². The van der Waals surface area contributed by atoms with Crippen LogP contribution in [0.25, 0.3) is 0 Å². The number of allylic oxidation sites excluding steroid dienone is 1. The van der Waals surface area contributed by atoms with E-state index in [1.54, 1.807) is 6.21 Å². The molecule has 1 aliphatic heterocycles. The third kappa shape index (κ3) is 1.73. The number of rotatable bonds is 1. The zero-order chi connectivity index (χ0) is 9.10. The maximum atomic E-state index is 5.99. The molecule has 1 aromatic rings. The quantitative estimate of drug-likeness (QED) is 0.493. The number of nitrogens with zero attached hydrogens (tertiary/aromatic N) is 2. The molecule has 1 unspecified atom stereocenters. The average molecular weight is 193 g/mol. The Morgan fingerprint density at radius 3 is 2.69 bits per heavy atom. The number of benzene rings is 1. The standard InChI is InChI=1S/C10H9ClN2/c11-10-12-7-4-8-13(10)9-5-2-1-3-6-9/h1-8,10H. The highest BCUT2D eigenvalue weighted by molar-refractivity contribution is 6.22. The number of anilines is 1. The predicted molar refractivity (Wildman–Crippen MR) is 56.2 cm³/mol. The molecule has 0 aliphatic carbocycles. The van der Waals surface area contributed by atoms with E-state index in [1.807, 2.05) is 47.5 Å². The summed E-state index contributed by atoms with van der Waals surface area (Å²) in [4.78, 5) is 5.97. The number of aliphatic imine (C=N–C) groups is 1. The van der Waals surface area contributed by atoms with Crippen molar-refractivity contribution in [1.82, 2.24) is 0 Å². The topological polar surface area (TPSA) is 15.6 Å². The minimum absolute atomic E-state index is 0.326. The van der Waals surface area contributed by atoms with E-state index >= 15 is 0 Å². The summed E-state index contributed by atoms with van der Waals surface area (Å²) >= 11 is 5.99. The Morgan fingerprint density at radius 2 is 2.00 bits per heavy atom. The average Bonchev–Trinajstić information content (AvgIpc) is 2.20. The molecule has 0 saturated heterocycles. The molecule has 1 atom stereocenters. The maximum Gasteiger partial charge on any atom is 0.201 e. The van der Waals surface area contributed by atoms with E-state index in [-0.39, 0.29) is 5.62 Å². The highest BCUT2D eigenvalue weighted by Crippen LogP contribution is 2.20. The first-order chi connectivity index (χ1) is 6.38. The Hall–Kier alpha value is -1.28. The van der Waals surface area contributed by atoms with Gasteiger partial charge in [-0.1, -0.05) is 29.8 Å². The molecule has 1 heterocycles. The SMILES string of the molecule is ClC1N=CC=CN1c1ccccc1. The van der Waals surface area contributed by atoms with Crippen LogP contribution in [0.3, 0.4) is 0 Å². The van der Waals surface area contributed by atoms with Gasteiger partial charge in [0.15, 0.2) is 0 Å². The zero-order valence-corrected chi connectivity index (χ0v) is 7.72. The van der Waals surface area contributed by atoms with Crippen molar-refractivity contribution in [3.63, 3.8) is 0 Å². The number of halogens is 1. The lowest BCUT2D eigenvalue weighted by atomic mass is 10.3. The maximum absolute atomic E-state index is 5.99. The fourth-order valence-electron chi connectivity index (χ4n) is 1.20. The largest absolute Gasteiger partial charge is 0.313 e. The van der Waals surface area contributed by atoms with Crippen LogP contribution in [-0.4, -0.2) is 11.8 Å². The van der Waals surface area contributed by atoms with Crippen molar-refractivity contribution in [2.45, 2.75) is 5.62 Å². The number of hydrogen-bond donors (Lipinski definition) is 0. The molecule has 0 aromatic heterocycles. The molecular formula is C10H9ClN2. The summed E-state index contributed by atoms with van der Waals surface area (Å²) in [6, 6.07) is 9.93. The van der Waals surface area contributed by atoms with Crippen molar-refractivity contribution in [2.75, 3.05) is 4.90 Å². The van der Waals surface area contributed by atoms with Crippen LogP contribution in [0.5, 0.6) is 0 Å². The molecule has 0 saturated carbocycles. The first-order valence-corrected chi connectivity index (χ1v) is 4.49. The van der Waals surface area contributed by atoms with Gasteiger partial charge in [-0.2, -0.15) is 0 Å². The molecule has 0 N–H and O–H groups in total. The lowest BCUT2D eigenvalue weighted by Crippen LogP contribution is -2.25. The summed E-state index contributed by atoms with van der Waals surface area (Å²) in [5.74, 6) is 0. The number of hydrogen-bond acceptors (Lipinski definition) is 2. The van der Waals surface area contributed by atoms with Crippen molar-refractivity contribution in [2.24, 2.45) is 4.99 Å². The molecule has 2 nitrogen and oxygen atoms in total. The molecule has 13 heavy (non-hydrogen) atoms. The van der Waals surface area contributed by atoms with E-state index < -0.39 is 0 Å². The molecule has 1 aliphatic rings. The van der Waals surface area contributed by atoms with Gasteiger partial charge in [0.05, 0.1) is 0 Å². The minimum atomic E-state index is -0.326. The van der Waals surface area contributed by atoms with Gasteiger partial charge in [-0.05, 0) is 18.2 Å². The predicted octanol–water partition coefficient (Wildman–Crippen LogP) is 2.61. The van der Waals surface area contributed by atoms with Gasteiger partial charge in [0, 0.05) is 18.1 Å². The van der Waals surface area contributed by atoms with Crippen LogP contribution >= 0.6 is 11.6 Å². The van der Waals surface area contributed by atoms with Gasteiger partial charge in [-0.25, -0.2) is 0 Å². The van der Waals surface area contributed by atoms with Gasteiger partial charge < -0.3 is 4.90 Å². The van der Waals surface area contributed by atoms with Crippen LogP contribution < -0.4 is 4.90 Å². The third-order valence-corrected chi connectivity index (χ3v) is 2.15. The van der Waals surface area contributed by atoms with Crippen LogP contribution in [0.15, 0.2) is 47.6 Å². The van der Waals surface area contributed by atoms with Crippen molar-refractivity contribution >= 4 is 23.5 Å². The van der Waals surface area contributed by atoms with E-state index in [0.717, 1.165) is 5.69 Å². The van der Waals surface area contributed by atoms with Crippen molar-refractivity contribution in [3.8, 4) is 0 Å². The van der Waals surface area contributed by atoms with E-state index in [1.165, 1.54) is 0 Å². The van der Waals surface area contributed by atoms with Gasteiger partial charge in [0.1, 0.15) is 0 Å². The molecule has 0 fully saturated rings. The van der Waals surface area contributed by atoms with Crippen molar-refractivity contribution < 1.29 is 0 Å². The molecule has 0 amide bonds. The van der Waals surface area contributed by atoms with Crippen LogP contribution in [0, 0.1) is 0 Å². The summed E-state index contributed by atoms with van der Waals surface area (Å²) in [5, 5.41) is 0. The summed E-state index contributed by atoms with van der Waals surface area (Å²) in [5.41, 5.74) is 0.725. The van der Waals surface area contributed by atoms with E-state index in [2.05, 4.69) is 4.99 Å². The summed E-state index contributed by atoms with van der Waals surface area (Å²) in [7, 11) is 0. The molecule has 0 bridgehead atoms. The second kappa shape index (κ2) is 3.62. The number of alkyl halides is 1. The summed E-state index contributed by atoms with van der Waals surface area (Å²) in [6.45, 7) is 0. The van der Waals surface area contributed by atoms with Gasteiger partial charge in [-0.3, -0.25) is 4.99 Å². The highest BCUT2D eigenvalue weighted by atomic mass is 35.5. The molecule has 1 aromatic carbocycles. The Balaban J connectivity index is 2.27. The second-order valence-corrected chi connectivity index (χ2v) is 3.08. The molecule has 0 spiro atoms. The first kappa shape index (κ1) is 8.32. The molecule has 66 valence electrons. The van der Waals surface area contributed by atoms with Crippen molar-refractivity contribution in [3.05, 3.63) is 42.6 Å². The fraction of sp³-hybridized carbons (Fsp3) is 0.100. The van der Waals surface area contributed by atoms with Crippen LogP contribution in [0.4, 0.5) is 5.69 Å². The Kier molecular flexibility index (Phi) is 2.32. The van der Waals surface area contributed by atoms with E-state index in [0.29, 0.717) is 0 Å². The van der Waals surface area contributed by atoms with Crippen LogP contribution in [-0.2, 0) is 0 Å². The zero-order valence-electron chi connectivity index (χ0n) is 6.97. The molecule has 3 heteroatoms. The van der Waals surface area contributed by atoms with Crippen LogP contribution in [0.1, 0.15) is 0 Å².